The summed E-state index contributed by atoms with van der Waals surface area (Å²) in [6, 6.07) is 4.50. The molecule has 0 fully saturated rings. The highest BCUT2D eigenvalue weighted by Gasteiger charge is 2.13. The first kappa shape index (κ1) is 14.4. The van der Waals surface area contributed by atoms with Crippen molar-refractivity contribution < 1.29 is 15.0 Å². The molecule has 4 N–H and O–H groups in total. The summed E-state index contributed by atoms with van der Waals surface area (Å²) in [7, 11) is 0. The molecule has 0 spiro atoms. The Morgan fingerprint density at radius 2 is 2.00 bits per heavy atom. The van der Waals surface area contributed by atoms with Crippen LogP contribution in [-0.2, 0) is 6.42 Å². The van der Waals surface area contributed by atoms with Gasteiger partial charge in [0.2, 0.25) is 0 Å². The summed E-state index contributed by atoms with van der Waals surface area (Å²) in [6.07, 6.45) is 1.66. The lowest BCUT2D eigenvalue weighted by molar-refractivity contribution is 0.0692. The molecule has 7 heteroatoms. The number of carbonyl (C=O) groups is 1. The zero-order chi connectivity index (χ0) is 14.9. The normalized spacial score (nSPS) is 10.5. The number of nitrogens with zero attached hydrogens (tertiary/aromatic N) is 1. The number of nitrogens with two attached hydrogens (primary N) is 1. The average Bonchev–Trinajstić information content (AvgIpc) is 2.35. The van der Waals surface area contributed by atoms with Gasteiger partial charge in [-0.1, -0.05) is 23.2 Å². The number of rotatable bonds is 3. The van der Waals surface area contributed by atoms with Crippen molar-refractivity contribution in [3.05, 3.63) is 51.3 Å². The van der Waals surface area contributed by atoms with E-state index in [1.54, 1.807) is 6.07 Å². The van der Waals surface area contributed by atoms with Gasteiger partial charge in [-0.05, 0) is 23.8 Å². The summed E-state index contributed by atoms with van der Waals surface area (Å²) in [4.78, 5) is 14.6. The molecule has 0 saturated heterocycles. The number of nitrogen functional groups attached to an aromatic ring is 1. The second kappa shape index (κ2) is 5.56. The maximum Gasteiger partial charge on any atom is 0.356 e. The monoisotopic (exact) mass is 312 g/mol. The average molecular weight is 313 g/mol. The number of anilines is 1. The van der Waals surface area contributed by atoms with Gasteiger partial charge in [-0.25, -0.2) is 9.78 Å². The molecule has 0 bridgehead atoms. The Hall–Kier alpha value is -1.98. The predicted molar refractivity (Wildman–Crippen MR) is 76.5 cm³/mol. The smallest absolute Gasteiger partial charge is 0.356 e. The van der Waals surface area contributed by atoms with Crippen molar-refractivity contribution in [1.29, 1.82) is 0 Å². The van der Waals surface area contributed by atoms with Crippen LogP contribution < -0.4 is 5.73 Å². The number of aromatic carboxylic acids is 1. The molecule has 0 saturated carbocycles. The number of aromatic nitrogens is 1. The number of aromatic hydroxyl groups is 1. The fourth-order valence-electron chi connectivity index (χ4n) is 1.78. The molecule has 104 valence electrons. The lowest BCUT2D eigenvalue weighted by Gasteiger charge is -2.08. The van der Waals surface area contributed by atoms with Crippen molar-refractivity contribution in [1.82, 2.24) is 4.98 Å². The molecule has 0 aliphatic rings. The van der Waals surface area contributed by atoms with Gasteiger partial charge in [0.25, 0.3) is 0 Å². The van der Waals surface area contributed by atoms with E-state index in [1.807, 2.05) is 0 Å². The number of halogens is 2. The van der Waals surface area contributed by atoms with E-state index in [0.29, 0.717) is 16.1 Å². The molecule has 0 atom stereocenters. The number of phenolic OH excluding ortho intramolecular Hbond substituents is 1. The first-order valence-corrected chi connectivity index (χ1v) is 6.28. The zero-order valence-electron chi connectivity index (χ0n) is 10.1. The first-order valence-electron chi connectivity index (χ1n) is 5.53. The van der Waals surface area contributed by atoms with E-state index in [1.165, 1.54) is 18.3 Å². The van der Waals surface area contributed by atoms with Gasteiger partial charge >= 0.3 is 5.97 Å². The molecule has 1 aromatic heterocycles. The van der Waals surface area contributed by atoms with Crippen LogP contribution in [0, 0.1) is 0 Å². The van der Waals surface area contributed by atoms with Crippen LogP contribution >= 0.6 is 23.2 Å². The van der Waals surface area contributed by atoms with E-state index in [2.05, 4.69) is 4.98 Å². The summed E-state index contributed by atoms with van der Waals surface area (Å²) in [5, 5.41) is 19.2. The highest BCUT2D eigenvalue weighted by Crippen LogP contribution is 2.32. The Labute approximate surface area is 124 Å². The van der Waals surface area contributed by atoms with Crippen LogP contribution in [-0.4, -0.2) is 21.2 Å². The number of pyridine rings is 1. The number of carboxylic acids is 1. The minimum Gasteiger partial charge on any atom is -0.506 e. The summed E-state index contributed by atoms with van der Waals surface area (Å²) in [6.45, 7) is 0. The zero-order valence-corrected chi connectivity index (χ0v) is 11.6. The Morgan fingerprint density at radius 3 is 2.60 bits per heavy atom. The van der Waals surface area contributed by atoms with Gasteiger partial charge in [-0.15, -0.1) is 0 Å². The molecule has 5 nitrogen and oxygen atoms in total. The molecular weight excluding hydrogens is 303 g/mol. The van der Waals surface area contributed by atoms with Crippen LogP contribution in [0.3, 0.4) is 0 Å². The second-order valence-corrected chi connectivity index (χ2v) is 5.00. The van der Waals surface area contributed by atoms with Crippen molar-refractivity contribution in [3.8, 4) is 5.75 Å². The van der Waals surface area contributed by atoms with Crippen LogP contribution in [0.4, 0.5) is 5.69 Å². The van der Waals surface area contributed by atoms with Gasteiger partial charge in [0.1, 0.15) is 5.75 Å². The van der Waals surface area contributed by atoms with Crippen LogP contribution in [0.25, 0.3) is 0 Å². The molecule has 20 heavy (non-hydrogen) atoms. The maximum atomic E-state index is 10.8. The molecule has 2 rings (SSSR count). The van der Waals surface area contributed by atoms with Gasteiger partial charge in [-0.2, -0.15) is 0 Å². The lowest BCUT2D eigenvalue weighted by atomic mass is 10.0. The summed E-state index contributed by atoms with van der Waals surface area (Å²) in [5.74, 6) is -1.26. The number of benzene rings is 1. The third-order valence-electron chi connectivity index (χ3n) is 2.68. The molecule has 0 aliphatic carbocycles. The third-order valence-corrected chi connectivity index (χ3v) is 3.18. The largest absolute Gasteiger partial charge is 0.506 e. The molecule has 1 heterocycles. The molecule has 1 aromatic carbocycles. The van der Waals surface area contributed by atoms with Crippen LogP contribution in [0.2, 0.25) is 10.0 Å². The van der Waals surface area contributed by atoms with Gasteiger partial charge in [0, 0.05) is 23.2 Å². The SMILES string of the molecule is Nc1cc(Cc2cc(Cl)cc(Cl)c2O)cnc1C(=O)O. The van der Waals surface area contributed by atoms with Gasteiger partial charge in [-0.3, -0.25) is 0 Å². The Balaban J connectivity index is 2.36. The summed E-state index contributed by atoms with van der Waals surface area (Å²) < 4.78 is 0. The predicted octanol–water partition coefficient (Wildman–Crippen LogP) is 2.97. The van der Waals surface area contributed by atoms with Crippen molar-refractivity contribution in [3.63, 3.8) is 0 Å². The molecule has 0 unspecified atom stereocenters. The van der Waals surface area contributed by atoms with E-state index in [-0.39, 0.29) is 28.6 Å². The Morgan fingerprint density at radius 1 is 1.30 bits per heavy atom. The van der Waals surface area contributed by atoms with Gasteiger partial charge in [0.15, 0.2) is 5.69 Å². The highest BCUT2D eigenvalue weighted by molar-refractivity contribution is 6.35. The van der Waals surface area contributed by atoms with Gasteiger partial charge in [0.05, 0.1) is 10.7 Å². The van der Waals surface area contributed by atoms with Crippen LogP contribution in [0.1, 0.15) is 21.6 Å². The van der Waals surface area contributed by atoms with Crippen LogP contribution in [0.15, 0.2) is 24.4 Å². The fraction of sp³-hybridized carbons (Fsp3) is 0.0769. The molecule has 0 radical (unpaired) electrons. The number of hydrogen-bond donors (Lipinski definition) is 3. The standard InChI is InChI=1S/C13H10Cl2N2O3/c14-8-3-7(12(18)9(15)4-8)1-6-2-10(16)11(13(19)20)17-5-6/h2-5,18H,1,16H2,(H,19,20). The van der Waals surface area contributed by atoms with Crippen molar-refractivity contribution in [2.75, 3.05) is 5.73 Å². The maximum absolute atomic E-state index is 10.8. The Bertz CT molecular complexity index is 690. The van der Waals surface area contributed by atoms with E-state index >= 15 is 0 Å². The Kier molecular flexibility index (Phi) is 4.01. The number of carboxylic acid groups (broad SMARTS) is 1. The van der Waals surface area contributed by atoms with E-state index in [0.717, 1.165) is 0 Å². The van der Waals surface area contributed by atoms with Gasteiger partial charge < -0.3 is 15.9 Å². The molecule has 2 aromatic rings. The highest BCUT2D eigenvalue weighted by atomic mass is 35.5. The molecular formula is C13H10Cl2N2O3. The number of phenols is 1. The van der Waals surface area contributed by atoms with E-state index in [4.69, 9.17) is 34.0 Å². The van der Waals surface area contributed by atoms with E-state index in [9.17, 15) is 9.90 Å². The summed E-state index contributed by atoms with van der Waals surface area (Å²) >= 11 is 11.7. The second-order valence-electron chi connectivity index (χ2n) is 4.16. The topological polar surface area (TPSA) is 96.4 Å². The quantitative estimate of drug-likeness (QED) is 0.809. The van der Waals surface area contributed by atoms with E-state index < -0.39 is 5.97 Å². The summed E-state index contributed by atoms with van der Waals surface area (Å²) in [5.41, 5.74) is 6.61. The van der Waals surface area contributed by atoms with Crippen LogP contribution in [0.5, 0.6) is 5.75 Å². The third kappa shape index (κ3) is 2.95. The van der Waals surface area contributed by atoms with Crippen molar-refractivity contribution in [2.24, 2.45) is 0 Å². The molecule has 0 aliphatic heterocycles. The lowest BCUT2D eigenvalue weighted by Crippen LogP contribution is -2.06. The fourth-order valence-corrected chi connectivity index (χ4v) is 2.31. The molecule has 0 amide bonds. The van der Waals surface area contributed by atoms with Crippen molar-refractivity contribution >= 4 is 34.9 Å². The minimum atomic E-state index is -1.19. The first-order chi connectivity index (χ1) is 9.38. The number of hydrogen-bond acceptors (Lipinski definition) is 4. The minimum absolute atomic E-state index is 0.0580. The van der Waals surface area contributed by atoms with Crippen molar-refractivity contribution in [2.45, 2.75) is 6.42 Å².